The fourth-order valence-corrected chi connectivity index (χ4v) is 2.89. The van der Waals surface area contributed by atoms with E-state index in [1.165, 1.54) is 6.07 Å². The highest BCUT2D eigenvalue weighted by Crippen LogP contribution is 2.26. The predicted molar refractivity (Wildman–Crippen MR) is 111 cm³/mol. The first-order valence-electron chi connectivity index (χ1n) is 9.65. The Kier molecular flexibility index (Phi) is 8.46. The summed E-state index contributed by atoms with van der Waals surface area (Å²) >= 11 is 0. The SMILES string of the molecule is CCCCCCNC(=O)c1cc(NCc2cc(OC)ccc2OC)ccc1O. The number of nitrogens with one attached hydrogen (secondary N) is 2. The number of unbranched alkanes of at least 4 members (excludes halogenated alkanes) is 3. The quantitative estimate of drug-likeness (QED) is 0.396. The molecule has 0 spiro atoms. The summed E-state index contributed by atoms with van der Waals surface area (Å²) in [5.74, 6) is 1.19. The second-order valence-electron chi connectivity index (χ2n) is 6.58. The summed E-state index contributed by atoms with van der Waals surface area (Å²) in [6, 6.07) is 10.5. The molecule has 1 amide bonds. The largest absolute Gasteiger partial charge is 0.507 e. The second kappa shape index (κ2) is 11.1. The fourth-order valence-electron chi connectivity index (χ4n) is 2.89. The number of carbonyl (C=O) groups is 1. The lowest BCUT2D eigenvalue weighted by Crippen LogP contribution is -2.24. The lowest BCUT2D eigenvalue weighted by molar-refractivity contribution is 0.0950. The van der Waals surface area contributed by atoms with Crippen LogP contribution in [0.25, 0.3) is 0 Å². The van der Waals surface area contributed by atoms with Crippen LogP contribution in [-0.4, -0.2) is 31.8 Å². The third-order valence-corrected chi connectivity index (χ3v) is 4.53. The lowest BCUT2D eigenvalue weighted by atomic mass is 10.1. The van der Waals surface area contributed by atoms with Crippen LogP contribution >= 0.6 is 0 Å². The number of benzene rings is 2. The highest BCUT2D eigenvalue weighted by molar-refractivity contribution is 5.97. The summed E-state index contributed by atoms with van der Waals surface area (Å²) in [6.07, 6.45) is 4.34. The molecular weight excluding hydrogens is 356 g/mol. The van der Waals surface area contributed by atoms with Crippen LogP contribution in [0.1, 0.15) is 48.5 Å². The van der Waals surface area contributed by atoms with Crippen molar-refractivity contribution >= 4 is 11.6 Å². The van der Waals surface area contributed by atoms with E-state index in [4.69, 9.17) is 9.47 Å². The topological polar surface area (TPSA) is 79.8 Å². The summed E-state index contributed by atoms with van der Waals surface area (Å²) in [4.78, 5) is 12.4. The number of phenols is 1. The molecular formula is C22H30N2O4. The molecule has 0 aliphatic carbocycles. The van der Waals surface area contributed by atoms with E-state index in [1.807, 2.05) is 18.2 Å². The zero-order valence-corrected chi connectivity index (χ0v) is 16.9. The van der Waals surface area contributed by atoms with Gasteiger partial charge < -0.3 is 25.2 Å². The molecule has 0 aliphatic rings. The number of phenolic OH excluding ortho intramolecular Hbond substituents is 1. The molecule has 2 aromatic rings. The van der Waals surface area contributed by atoms with Crippen molar-refractivity contribution in [1.82, 2.24) is 5.32 Å². The first kappa shape index (κ1) is 21.4. The Hall–Kier alpha value is -2.89. The van der Waals surface area contributed by atoms with Crippen LogP contribution in [0.3, 0.4) is 0 Å². The van der Waals surface area contributed by atoms with Crippen molar-refractivity contribution in [1.29, 1.82) is 0 Å². The van der Waals surface area contributed by atoms with E-state index in [-0.39, 0.29) is 17.2 Å². The standard InChI is InChI=1S/C22H30N2O4/c1-4-5-6-7-12-23-22(26)19-14-17(8-10-20(19)25)24-15-16-13-18(27-2)9-11-21(16)28-3/h8-11,13-14,24-25H,4-7,12,15H2,1-3H3,(H,23,26). The average Bonchev–Trinajstić information content (AvgIpc) is 2.72. The van der Waals surface area contributed by atoms with E-state index in [9.17, 15) is 9.90 Å². The second-order valence-corrected chi connectivity index (χ2v) is 6.58. The third-order valence-electron chi connectivity index (χ3n) is 4.53. The number of ether oxygens (including phenoxy) is 2. The minimum atomic E-state index is -0.267. The van der Waals surface area contributed by atoms with Gasteiger partial charge >= 0.3 is 0 Å². The number of aromatic hydroxyl groups is 1. The van der Waals surface area contributed by atoms with Gasteiger partial charge in [-0.2, -0.15) is 0 Å². The van der Waals surface area contributed by atoms with Crippen LogP contribution in [0.15, 0.2) is 36.4 Å². The summed E-state index contributed by atoms with van der Waals surface area (Å²) < 4.78 is 10.7. The van der Waals surface area contributed by atoms with Gasteiger partial charge in [-0.15, -0.1) is 0 Å². The molecule has 0 atom stereocenters. The zero-order valence-electron chi connectivity index (χ0n) is 16.9. The van der Waals surface area contributed by atoms with Gasteiger partial charge in [0.15, 0.2) is 0 Å². The van der Waals surface area contributed by atoms with E-state index in [0.29, 0.717) is 13.1 Å². The maximum atomic E-state index is 12.4. The molecule has 6 nitrogen and oxygen atoms in total. The van der Waals surface area contributed by atoms with Crippen LogP contribution in [-0.2, 0) is 6.54 Å². The normalized spacial score (nSPS) is 10.4. The predicted octanol–water partition coefficient (Wildman–Crippen LogP) is 4.33. The van der Waals surface area contributed by atoms with Gasteiger partial charge in [0.2, 0.25) is 0 Å². The number of hydrogen-bond donors (Lipinski definition) is 3. The summed E-state index contributed by atoms with van der Waals surface area (Å²) in [5.41, 5.74) is 1.92. The number of rotatable bonds is 11. The lowest BCUT2D eigenvalue weighted by Gasteiger charge is -2.13. The van der Waals surface area contributed by atoms with Crippen LogP contribution in [0.2, 0.25) is 0 Å². The summed E-state index contributed by atoms with van der Waals surface area (Å²) in [5, 5.41) is 16.2. The highest BCUT2D eigenvalue weighted by Gasteiger charge is 2.12. The van der Waals surface area contributed by atoms with Crippen molar-refractivity contribution in [3.05, 3.63) is 47.5 Å². The maximum absolute atomic E-state index is 12.4. The number of methoxy groups -OCH3 is 2. The molecule has 0 fully saturated rings. The van der Waals surface area contributed by atoms with E-state index in [2.05, 4.69) is 17.6 Å². The number of amides is 1. The number of hydrogen-bond acceptors (Lipinski definition) is 5. The molecule has 0 saturated carbocycles. The van der Waals surface area contributed by atoms with Gasteiger partial charge in [-0.25, -0.2) is 0 Å². The molecule has 0 saturated heterocycles. The molecule has 0 radical (unpaired) electrons. The number of carbonyl (C=O) groups excluding carboxylic acids is 1. The molecule has 0 unspecified atom stereocenters. The average molecular weight is 386 g/mol. The van der Waals surface area contributed by atoms with Gasteiger partial charge in [-0.05, 0) is 42.8 Å². The molecule has 0 bridgehead atoms. The Bertz CT molecular complexity index is 777. The number of anilines is 1. The smallest absolute Gasteiger partial charge is 0.255 e. The van der Waals surface area contributed by atoms with Crippen molar-refractivity contribution in [2.75, 3.05) is 26.1 Å². The molecule has 0 heterocycles. The first-order chi connectivity index (χ1) is 13.6. The fraction of sp³-hybridized carbons (Fsp3) is 0.409. The third kappa shape index (κ3) is 6.08. The molecule has 2 rings (SSSR count). The van der Waals surface area contributed by atoms with Crippen LogP contribution in [0.5, 0.6) is 17.2 Å². The highest BCUT2D eigenvalue weighted by atomic mass is 16.5. The van der Waals surface area contributed by atoms with Crippen molar-refractivity contribution in [3.63, 3.8) is 0 Å². The summed E-state index contributed by atoms with van der Waals surface area (Å²) in [6.45, 7) is 3.25. The minimum absolute atomic E-state index is 0.0319. The van der Waals surface area contributed by atoms with Crippen molar-refractivity contribution in [3.8, 4) is 17.2 Å². The van der Waals surface area contributed by atoms with Gasteiger partial charge in [0, 0.05) is 24.3 Å². The van der Waals surface area contributed by atoms with Crippen molar-refractivity contribution in [2.24, 2.45) is 0 Å². The van der Waals surface area contributed by atoms with Gasteiger partial charge in [0.25, 0.3) is 5.91 Å². The Morgan fingerprint density at radius 2 is 1.86 bits per heavy atom. The van der Waals surface area contributed by atoms with Crippen molar-refractivity contribution < 1.29 is 19.4 Å². The maximum Gasteiger partial charge on any atom is 0.255 e. The first-order valence-corrected chi connectivity index (χ1v) is 9.65. The van der Waals surface area contributed by atoms with E-state index >= 15 is 0 Å². The Balaban J connectivity index is 2.02. The molecule has 2 aromatic carbocycles. The van der Waals surface area contributed by atoms with Crippen LogP contribution in [0, 0.1) is 0 Å². The molecule has 3 N–H and O–H groups in total. The van der Waals surface area contributed by atoms with Gasteiger partial charge in [0.1, 0.15) is 17.2 Å². The van der Waals surface area contributed by atoms with E-state index in [1.54, 1.807) is 26.4 Å². The molecule has 152 valence electrons. The monoisotopic (exact) mass is 386 g/mol. The van der Waals surface area contributed by atoms with E-state index in [0.717, 1.165) is 48.4 Å². The molecule has 0 aromatic heterocycles. The van der Waals surface area contributed by atoms with Crippen molar-refractivity contribution in [2.45, 2.75) is 39.2 Å². The molecule has 6 heteroatoms. The van der Waals surface area contributed by atoms with Gasteiger partial charge in [0.05, 0.1) is 19.8 Å². The van der Waals surface area contributed by atoms with E-state index < -0.39 is 0 Å². The summed E-state index contributed by atoms with van der Waals surface area (Å²) in [7, 11) is 3.24. The molecule has 0 aliphatic heterocycles. The van der Waals surface area contributed by atoms with Crippen LogP contribution < -0.4 is 20.1 Å². The molecule has 28 heavy (non-hydrogen) atoms. The Morgan fingerprint density at radius 1 is 1.04 bits per heavy atom. The van der Waals surface area contributed by atoms with Crippen LogP contribution in [0.4, 0.5) is 5.69 Å². The zero-order chi connectivity index (χ0) is 20.4. The Morgan fingerprint density at radius 3 is 2.57 bits per heavy atom. The van der Waals surface area contributed by atoms with Gasteiger partial charge in [-0.3, -0.25) is 4.79 Å². The minimum Gasteiger partial charge on any atom is -0.507 e. The van der Waals surface area contributed by atoms with Gasteiger partial charge in [-0.1, -0.05) is 26.2 Å². The Labute approximate surface area is 166 Å².